The molecule has 0 bridgehead atoms. The van der Waals surface area contributed by atoms with Gasteiger partial charge < -0.3 is 14.5 Å². The van der Waals surface area contributed by atoms with Crippen LogP contribution in [0.15, 0.2) is 71.6 Å². The standard InChI is InChI=1S/C26H28N6O3/c1-34-18-23-21(15-28-32(23)26-27-12-11-22(30-26)24-10-6-14-35-24)25(33)29-20-9-5-13-31(17-20)16-19-7-3-2-4-8-19/h2-4,6-8,10-12,14-15,20H,5,9,13,16-18H2,1H3,(H,29,33)/t20-/m0/s1. The Labute approximate surface area is 203 Å². The van der Waals surface area contributed by atoms with E-state index in [9.17, 15) is 4.79 Å². The molecule has 1 fully saturated rings. The minimum Gasteiger partial charge on any atom is -0.463 e. The number of nitrogens with one attached hydrogen (secondary N) is 1. The number of piperidine rings is 1. The van der Waals surface area contributed by atoms with E-state index in [-0.39, 0.29) is 18.6 Å². The molecule has 0 radical (unpaired) electrons. The lowest BCUT2D eigenvalue weighted by molar-refractivity contribution is 0.0895. The maximum absolute atomic E-state index is 13.3. The Balaban J connectivity index is 1.32. The van der Waals surface area contributed by atoms with E-state index in [4.69, 9.17) is 9.15 Å². The van der Waals surface area contributed by atoms with Crippen LogP contribution in [-0.2, 0) is 17.9 Å². The predicted molar refractivity (Wildman–Crippen MR) is 130 cm³/mol. The SMILES string of the molecule is COCc1c(C(=O)N[C@H]2CCCN(Cc3ccccc3)C2)cnn1-c1nccc(-c2ccco2)n1. The molecule has 0 aliphatic carbocycles. The number of rotatable bonds is 8. The highest BCUT2D eigenvalue weighted by atomic mass is 16.5. The molecule has 1 N–H and O–H groups in total. The summed E-state index contributed by atoms with van der Waals surface area (Å²) in [6.07, 6.45) is 6.77. The Bertz CT molecular complexity index is 1260. The lowest BCUT2D eigenvalue weighted by Crippen LogP contribution is -2.47. The van der Waals surface area contributed by atoms with Gasteiger partial charge in [-0.2, -0.15) is 9.78 Å². The molecule has 35 heavy (non-hydrogen) atoms. The number of amides is 1. The Morgan fingerprint density at radius 3 is 2.89 bits per heavy atom. The van der Waals surface area contributed by atoms with Crippen molar-refractivity contribution in [2.75, 3.05) is 20.2 Å². The van der Waals surface area contributed by atoms with Crippen molar-refractivity contribution in [1.29, 1.82) is 0 Å². The average Bonchev–Trinajstić information content (AvgIpc) is 3.56. The highest BCUT2D eigenvalue weighted by Gasteiger charge is 2.25. The summed E-state index contributed by atoms with van der Waals surface area (Å²) in [5.74, 6) is 0.804. The zero-order chi connectivity index (χ0) is 24.0. The number of benzene rings is 1. The zero-order valence-corrected chi connectivity index (χ0v) is 19.6. The van der Waals surface area contributed by atoms with Crippen molar-refractivity contribution >= 4 is 5.91 Å². The number of furan rings is 1. The largest absolute Gasteiger partial charge is 0.463 e. The molecular formula is C26H28N6O3. The molecule has 180 valence electrons. The van der Waals surface area contributed by atoms with Crippen LogP contribution in [0.1, 0.15) is 34.5 Å². The number of hydrogen-bond donors (Lipinski definition) is 1. The van der Waals surface area contributed by atoms with E-state index < -0.39 is 0 Å². The van der Waals surface area contributed by atoms with E-state index in [1.165, 1.54) is 5.56 Å². The van der Waals surface area contributed by atoms with Gasteiger partial charge in [0.2, 0.25) is 0 Å². The van der Waals surface area contributed by atoms with Crippen molar-refractivity contribution in [3.63, 3.8) is 0 Å². The molecule has 3 aromatic heterocycles. The van der Waals surface area contributed by atoms with Crippen LogP contribution in [0.3, 0.4) is 0 Å². The number of likely N-dealkylation sites (tertiary alicyclic amines) is 1. The Morgan fingerprint density at radius 1 is 1.20 bits per heavy atom. The summed E-state index contributed by atoms with van der Waals surface area (Å²) in [5.41, 5.74) is 2.96. The summed E-state index contributed by atoms with van der Waals surface area (Å²) in [4.78, 5) is 24.6. The summed E-state index contributed by atoms with van der Waals surface area (Å²) in [6.45, 7) is 2.91. The fourth-order valence-corrected chi connectivity index (χ4v) is 4.45. The predicted octanol–water partition coefficient (Wildman–Crippen LogP) is 3.46. The van der Waals surface area contributed by atoms with Gasteiger partial charge in [0, 0.05) is 32.4 Å². The summed E-state index contributed by atoms with van der Waals surface area (Å²) in [5, 5.41) is 7.63. The summed E-state index contributed by atoms with van der Waals surface area (Å²) in [6, 6.07) is 15.9. The minimum atomic E-state index is -0.169. The van der Waals surface area contributed by atoms with E-state index in [1.54, 1.807) is 42.6 Å². The van der Waals surface area contributed by atoms with Crippen molar-refractivity contribution in [1.82, 2.24) is 30.0 Å². The Morgan fingerprint density at radius 2 is 2.09 bits per heavy atom. The maximum atomic E-state index is 13.3. The molecule has 9 nitrogen and oxygen atoms in total. The summed E-state index contributed by atoms with van der Waals surface area (Å²) in [7, 11) is 1.59. The highest BCUT2D eigenvalue weighted by Crippen LogP contribution is 2.20. The van der Waals surface area contributed by atoms with Crippen LogP contribution in [0, 0.1) is 0 Å². The fourth-order valence-electron chi connectivity index (χ4n) is 4.45. The van der Waals surface area contributed by atoms with E-state index in [0.29, 0.717) is 28.7 Å². The van der Waals surface area contributed by atoms with E-state index >= 15 is 0 Å². The lowest BCUT2D eigenvalue weighted by atomic mass is 10.0. The maximum Gasteiger partial charge on any atom is 0.255 e. The molecule has 1 aliphatic heterocycles. The molecule has 0 spiro atoms. The smallest absolute Gasteiger partial charge is 0.255 e. The van der Waals surface area contributed by atoms with Gasteiger partial charge in [0.15, 0.2) is 5.76 Å². The van der Waals surface area contributed by atoms with Crippen LogP contribution in [0.2, 0.25) is 0 Å². The molecular weight excluding hydrogens is 444 g/mol. The van der Waals surface area contributed by atoms with Crippen molar-refractivity contribution in [3.8, 4) is 17.4 Å². The fraction of sp³-hybridized carbons (Fsp3) is 0.308. The second-order valence-electron chi connectivity index (χ2n) is 8.60. The first kappa shape index (κ1) is 22.9. The topological polar surface area (TPSA) is 98.3 Å². The lowest BCUT2D eigenvalue weighted by Gasteiger charge is -2.33. The van der Waals surface area contributed by atoms with E-state index in [2.05, 4.69) is 49.5 Å². The van der Waals surface area contributed by atoms with Gasteiger partial charge >= 0.3 is 0 Å². The molecule has 1 amide bonds. The molecule has 9 heteroatoms. The monoisotopic (exact) mass is 472 g/mol. The second-order valence-corrected chi connectivity index (χ2v) is 8.60. The van der Waals surface area contributed by atoms with E-state index in [1.807, 2.05) is 12.1 Å². The van der Waals surface area contributed by atoms with Gasteiger partial charge in [0.1, 0.15) is 5.69 Å². The van der Waals surface area contributed by atoms with Crippen molar-refractivity contribution in [2.24, 2.45) is 0 Å². The normalized spacial score (nSPS) is 16.3. The number of nitrogens with zero attached hydrogens (tertiary/aromatic N) is 5. The number of ether oxygens (including phenoxy) is 1. The highest BCUT2D eigenvalue weighted by molar-refractivity contribution is 5.95. The van der Waals surface area contributed by atoms with Gasteiger partial charge in [-0.05, 0) is 43.1 Å². The van der Waals surface area contributed by atoms with Crippen LogP contribution < -0.4 is 5.32 Å². The Kier molecular flexibility index (Phi) is 6.97. The van der Waals surface area contributed by atoms with Crippen LogP contribution >= 0.6 is 0 Å². The van der Waals surface area contributed by atoms with Gasteiger partial charge in [-0.15, -0.1) is 0 Å². The number of hydrogen-bond acceptors (Lipinski definition) is 7. The number of carbonyl (C=O) groups is 1. The molecule has 1 aromatic carbocycles. The molecule has 4 heterocycles. The van der Waals surface area contributed by atoms with Crippen molar-refractivity contribution in [3.05, 3.63) is 84.0 Å². The van der Waals surface area contributed by atoms with Crippen molar-refractivity contribution in [2.45, 2.75) is 32.0 Å². The molecule has 5 rings (SSSR count). The first-order chi connectivity index (χ1) is 17.2. The van der Waals surface area contributed by atoms with Gasteiger partial charge in [0.25, 0.3) is 11.9 Å². The molecule has 0 saturated carbocycles. The van der Waals surface area contributed by atoms with Gasteiger partial charge in [-0.1, -0.05) is 30.3 Å². The average molecular weight is 473 g/mol. The van der Waals surface area contributed by atoms with Crippen LogP contribution in [0.5, 0.6) is 0 Å². The van der Waals surface area contributed by atoms with Gasteiger partial charge in [-0.3, -0.25) is 9.69 Å². The molecule has 4 aromatic rings. The molecule has 1 aliphatic rings. The third kappa shape index (κ3) is 5.31. The molecule has 0 unspecified atom stereocenters. The van der Waals surface area contributed by atoms with Crippen LogP contribution in [-0.4, -0.2) is 56.8 Å². The van der Waals surface area contributed by atoms with Crippen LogP contribution in [0.4, 0.5) is 0 Å². The third-order valence-electron chi connectivity index (χ3n) is 6.09. The second kappa shape index (κ2) is 10.6. The first-order valence-electron chi connectivity index (χ1n) is 11.7. The zero-order valence-electron chi connectivity index (χ0n) is 19.6. The first-order valence-corrected chi connectivity index (χ1v) is 11.7. The van der Waals surface area contributed by atoms with Gasteiger partial charge in [-0.25, -0.2) is 9.97 Å². The number of methoxy groups -OCH3 is 1. The summed E-state index contributed by atoms with van der Waals surface area (Å²) < 4.78 is 12.4. The van der Waals surface area contributed by atoms with Crippen molar-refractivity contribution < 1.29 is 13.9 Å². The number of aromatic nitrogens is 4. The molecule has 1 saturated heterocycles. The summed E-state index contributed by atoms with van der Waals surface area (Å²) >= 11 is 0. The quantitative estimate of drug-likeness (QED) is 0.419. The van der Waals surface area contributed by atoms with Gasteiger partial charge in [0.05, 0.1) is 30.3 Å². The Hall–Kier alpha value is -3.82. The molecule has 1 atom stereocenters. The third-order valence-corrected chi connectivity index (χ3v) is 6.09. The van der Waals surface area contributed by atoms with E-state index in [0.717, 1.165) is 32.5 Å². The minimum absolute atomic E-state index is 0.0669. The number of carbonyl (C=O) groups excluding carboxylic acids is 1. The van der Waals surface area contributed by atoms with Crippen LogP contribution in [0.25, 0.3) is 17.4 Å².